The first kappa shape index (κ1) is 11.8. The van der Waals surface area contributed by atoms with Crippen LogP contribution < -0.4 is 10.2 Å². The van der Waals surface area contributed by atoms with Gasteiger partial charge in [-0.15, -0.1) is 0 Å². The molecule has 0 spiro atoms. The van der Waals surface area contributed by atoms with Gasteiger partial charge in [0.15, 0.2) is 0 Å². The van der Waals surface area contributed by atoms with E-state index in [0.29, 0.717) is 6.04 Å². The third-order valence-corrected chi connectivity index (χ3v) is 3.81. The largest absolute Gasteiger partial charge is 0.381 e. The van der Waals surface area contributed by atoms with E-state index in [9.17, 15) is 0 Å². The fourth-order valence-corrected chi connectivity index (χ4v) is 2.76. The summed E-state index contributed by atoms with van der Waals surface area (Å²) >= 11 is 0. The van der Waals surface area contributed by atoms with Crippen LogP contribution in [0.3, 0.4) is 0 Å². The fourth-order valence-electron chi connectivity index (χ4n) is 2.76. The van der Waals surface area contributed by atoms with Gasteiger partial charge >= 0.3 is 0 Å². The molecule has 1 saturated carbocycles. The van der Waals surface area contributed by atoms with Gasteiger partial charge in [-0.1, -0.05) is 12.8 Å². The van der Waals surface area contributed by atoms with E-state index in [1.54, 1.807) is 0 Å². The number of rotatable bonds is 3. The van der Waals surface area contributed by atoms with Crippen LogP contribution in [-0.4, -0.2) is 37.3 Å². The summed E-state index contributed by atoms with van der Waals surface area (Å²) < 4.78 is 5.35. The van der Waals surface area contributed by atoms with E-state index < -0.39 is 0 Å². The highest BCUT2D eigenvalue weighted by Gasteiger charge is 2.15. The quantitative estimate of drug-likeness (QED) is 0.889. The van der Waals surface area contributed by atoms with E-state index >= 15 is 0 Å². The predicted molar refractivity (Wildman–Crippen MR) is 73.1 cm³/mol. The van der Waals surface area contributed by atoms with Crippen molar-refractivity contribution in [2.75, 3.05) is 36.5 Å². The fraction of sp³-hybridized carbons (Fsp3) is 0.643. The Kier molecular flexibility index (Phi) is 3.64. The monoisotopic (exact) mass is 247 g/mol. The molecular formula is C14H21N3O. The topological polar surface area (TPSA) is 37.4 Å². The first-order valence-electron chi connectivity index (χ1n) is 6.97. The number of morpholine rings is 1. The molecule has 2 heterocycles. The van der Waals surface area contributed by atoms with E-state index in [1.807, 2.05) is 6.20 Å². The molecule has 0 atom stereocenters. The number of anilines is 2. The molecule has 2 aliphatic rings. The summed E-state index contributed by atoms with van der Waals surface area (Å²) in [6, 6.07) is 4.92. The second kappa shape index (κ2) is 5.57. The lowest BCUT2D eigenvalue weighted by Crippen LogP contribution is -2.36. The molecule has 1 aromatic heterocycles. The number of nitrogens with zero attached hydrogens (tertiary/aromatic N) is 2. The molecular weight excluding hydrogens is 226 g/mol. The Labute approximate surface area is 108 Å². The molecule has 98 valence electrons. The van der Waals surface area contributed by atoms with Gasteiger partial charge in [0.05, 0.1) is 25.1 Å². The van der Waals surface area contributed by atoms with Crippen molar-refractivity contribution in [3.8, 4) is 0 Å². The van der Waals surface area contributed by atoms with Gasteiger partial charge in [-0.2, -0.15) is 0 Å². The highest BCUT2D eigenvalue weighted by atomic mass is 16.5. The van der Waals surface area contributed by atoms with E-state index in [0.717, 1.165) is 37.8 Å². The van der Waals surface area contributed by atoms with Crippen LogP contribution in [0.1, 0.15) is 25.7 Å². The molecule has 0 unspecified atom stereocenters. The summed E-state index contributed by atoms with van der Waals surface area (Å²) in [4.78, 5) is 6.83. The minimum Gasteiger partial charge on any atom is -0.381 e. The lowest BCUT2D eigenvalue weighted by molar-refractivity contribution is 0.122. The summed E-state index contributed by atoms with van der Waals surface area (Å²) in [6.45, 7) is 3.51. The van der Waals surface area contributed by atoms with Gasteiger partial charge in [-0.05, 0) is 25.0 Å². The molecule has 1 aliphatic heterocycles. The van der Waals surface area contributed by atoms with E-state index in [1.165, 1.54) is 25.7 Å². The molecule has 4 nitrogen and oxygen atoms in total. The highest BCUT2D eigenvalue weighted by Crippen LogP contribution is 2.23. The van der Waals surface area contributed by atoms with Crippen LogP contribution in [0.2, 0.25) is 0 Å². The third-order valence-electron chi connectivity index (χ3n) is 3.81. The number of hydrogen-bond donors (Lipinski definition) is 1. The van der Waals surface area contributed by atoms with Crippen molar-refractivity contribution in [2.45, 2.75) is 31.7 Å². The molecule has 1 saturated heterocycles. The molecule has 0 amide bonds. The van der Waals surface area contributed by atoms with Crippen molar-refractivity contribution in [3.63, 3.8) is 0 Å². The van der Waals surface area contributed by atoms with Gasteiger partial charge in [-0.25, -0.2) is 4.98 Å². The summed E-state index contributed by atoms with van der Waals surface area (Å²) in [6.07, 6.45) is 7.27. The van der Waals surface area contributed by atoms with Gasteiger partial charge in [0.1, 0.15) is 5.82 Å². The third kappa shape index (κ3) is 2.75. The molecule has 0 aromatic carbocycles. The number of ether oxygens (including phenoxy) is 1. The summed E-state index contributed by atoms with van der Waals surface area (Å²) in [5.74, 6) is 1.07. The van der Waals surface area contributed by atoms with Gasteiger partial charge in [0.2, 0.25) is 0 Å². The van der Waals surface area contributed by atoms with Crippen LogP contribution in [-0.2, 0) is 4.74 Å². The summed E-state index contributed by atoms with van der Waals surface area (Å²) in [5, 5.41) is 3.57. The van der Waals surface area contributed by atoms with E-state index in [2.05, 4.69) is 27.3 Å². The van der Waals surface area contributed by atoms with Gasteiger partial charge < -0.3 is 15.0 Å². The predicted octanol–water partition coefficient (Wildman–Crippen LogP) is 2.27. The number of aromatic nitrogens is 1. The maximum atomic E-state index is 5.35. The van der Waals surface area contributed by atoms with Crippen LogP contribution in [0.15, 0.2) is 18.3 Å². The Morgan fingerprint density at radius 1 is 1.17 bits per heavy atom. The van der Waals surface area contributed by atoms with Crippen LogP contribution >= 0.6 is 0 Å². The molecule has 18 heavy (non-hydrogen) atoms. The first-order chi connectivity index (χ1) is 8.92. The van der Waals surface area contributed by atoms with Crippen LogP contribution in [0, 0.1) is 0 Å². The molecule has 0 radical (unpaired) electrons. The SMILES string of the molecule is c1cc(N2CCOCC2)ncc1NC1CCCC1. The number of hydrogen-bond acceptors (Lipinski definition) is 4. The maximum absolute atomic E-state index is 5.35. The van der Waals surface area contributed by atoms with Crippen LogP contribution in [0.5, 0.6) is 0 Å². The van der Waals surface area contributed by atoms with Gasteiger partial charge in [0, 0.05) is 19.1 Å². The molecule has 3 rings (SSSR count). The van der Waals surface area contributed by atoms with Crippen molar-refractivity contribution in [3.05, 3.63) is 18.3 Å². The van der Waals surface area contributed by atoms with Gasteiger partial charge in [-0.3, -0.25) is 0 Å². The lowest BCUT2D eigenvalue weighted by atomic mass is 10.2. The molecule has 1 aromatic rings. The first-order valence-corrected chi connectivity index (χ1v) is 6.97. The Morgan fingerprint density at radius 2 is 1.94 bits per heavy atom. The Balaban J connectivity index is 1.60. The molecule has 1 aliphatic carbocycles. The van der Waals surface area contributed by atoms with E-state index in [4.69, 9.17) is 4.74 Å². The molecule has 2 fully saturated rings. The summed E-state index contributed by atoms with van der Waals surface area (Å²) in [7, 11) is 0. The van der Waals surface area contributed by atoms with Crippen LogP contribution in [0.25, 0.3) is 0 Å². The van der Waals surface area contributed by atoms with Crippen molar-refractivity contribution in [1.82, 2.24) is 4.98 Å². The zero-order valence-corrected chi connectivity index (χ0v) is 10.8. The Hall–Kier alpha value is -1.29. The Morgan fingerprint density at radius 3 is 2.61 bits per heavy atom. The normalized spacial score (nSPS) is 21.2. The van der Waals surface area contributed by atoms with Crippen molar-refractivity contribution in [2.24, 2.45) is 0 Å². The second-order valence-corrected chi connectivity index (χ2v) is 5.13. The average Bonchev–Trinajstić information content (AvgIpc) is 2.94. The number of nitrogens with one attached hydrogen (secondary N) is 1. The van der Waals surface area contributed by atoms with Crippen molar-refractivity contribution < 1.29 is 4.74 Å². The Bertz CT molecular complexity index is 367. The van der Waals surface area contributed by atoms with Crippen molar-refractivity contribution in [1.29, 1.82) is 0 Å². The minimum atomic E-state index is 0.654. The van der Waals surface area contributed by atoms with E-state index in [-0.39, 0.29) is 0 Å². The minimum absolute atomic E-state index is 0.654. The lowest BCUT2D eigenvalue weighted by Gasteiger charge is -2.27. The smallest absolute Gasteiger partial charge is 0.128 e. The highest BCUT2D eigenvalue weighted by molar-refractivity contribution is 5.49. The maximum Gasteiger partial charge on any atom is 0.128 e. The average molecular weight is 247 g/mol. The second-order valence-electron chi connectivity index (χ2n) is 5.13. The zero-order chi connectivity index (χ0) is 12.2. The summed E-state index contributed by atoms with van der Waals surface area (Å²) in [5.41, 5.74) is 1.15. The molecule has 1 N–H and O–H groups in total. The number of pyridine rings is 1. The van der Waals surface area contributed by atoms with Crippen LogP contribution in [0.4, 0.5) is 11.5 Å². The van der Waals surface area contributed by atoms with Crippen molar-refractivity contribution >= 4 is 11.5 Å². The van der Waals surface area contributed by atoms with Gasteiger partial charge in [0.25, 0.3) is 0 Å². The molecule has 0 bridgehead atoms. The zero-order valence-electron chi connectivity index (χ0n) is 10.8. The standard InChI is InChI=1S/C14H21N3O/c1-2-4-12(3-1)16-13-5-6-14(15-11-13)17-7-9-18-10-8-17/h5-6,11-12,16H,1-4,7-10H2. The molecule has 4 heteroatoms.